The van der Waals surface area contributed by atoms with Gasteiger partial charge in [-0.25, -0.2) is 0 Å². The molecular weight excluding hydrogens is 200 g/mol. The third-order valence-electron chi connectivity index (χ3n) is 3.39. The van der Waals surface area contributed by atoms with E-state index in [0.29, 0.717) is 12.1 Å². The van der Waals surface area contributed by atoms with Crippen LogP contribution in [0.1, 0.15) is 37.2 Å². The number of furan rings is 1. The van der Waals surface area contributed by atoms with Crippen molar-refractivity contribution in [2.45, 2.75) is 51.1 Å². The normalized spacial score (nSPS) is 25.9. The van der Waals surface area contributed by atoms with Crippen molar-refractivity contribution in [2.75, 3.05) is 6.54 Å². The average molecular weight is 222 g/mol. The van der Waals surface area contributed by atoms with Gasteiger partial charge in [-0.1, -0.05) is 12.8 Å². The van der Waals surface area contributed by atoms with E-state index in [1.807, 2.05) is 13.0 Å². The largest absolute Gasteiger partial charge is 0.466 e. The van der Waals surface area contributed by atoms with Crippen LogP contribution in [0.15, 0.2) is 16.5 Å². The first-order chi connectivity index (χ1) is 7.75. The van der Waals surface area contributed by atoms with Crippen molar-refractivity contribution < 1.29 is 4.42 Å². The van der Waals surface area contributed by atoms with Gasteiger partial charge in [0.05, 0.1) is 0 Å². The van der Waals surface area contributed by atoms with Crippen LogP contribution < -0.4 is 11.1 Å². The first-order valence-corrected chi connectivity index (χ1v) is 6.30. The number of aryl methyl sites for hydroxylation is 1. The van der Waals surface area contributed by atoms with E-state index >= 15 is 0 Å². The van der Waals surface area contributed by atoms with Crippen molar-refractivity contribution in [3.63, 3.8) is 0 Å². The topological polar surface area (TPSA) is 51.2 Å². The van der Waals surface area contributed by atoms with Crippen molar-refractivity contribution in [3.05, 3.63) is 23.7 Å². The summed E-state index contributed by atoms with van der Waals surface area (Å²) >= 11 is 0. The van der Waals surface area contributed by atoms with Gasteiger partial charge >= 0.3 is 0 Å². The maximum absolute atomic E-state index is 6.08. The molecule has 1 saturated carbocycles. The molecule has 1 aliphatic carbocycles. The Morgan fingerprint density at radius 1 is 1.38 bits per heavy atom. The second-order valence-electron chi connectivity index (χ2n) is 4.77. The highest BCUT2D eigenvalue weighted by Crippen LogP contribution is 2.16. The van der Waals surface area contributed by atoms with E-state index in [0.717, 1.165) is 30.9 Å². The van der Waals surface area contributed by atoms with E-state index in [2.05, 4.69) is 11.4 Å². The molecule has 1 aromatic heterocycles. The highest BCUT2D eigenvalue weighted by molar-refractivity contribution is 5.05. The predicted molar refractivity (Wildman–Crippen MR) is 65.4 cm³/mol. The Hall–Kier alpha value is -0.800. The molecule has 0 amide bonds. The molecular formula is C13H22N2O. The molecule has 16 heavy (non-hydrogen) atoms. The Labute approximate surface area is 97.4 Å². The molecule has 3 nitrogen and oxygen atoms in total. The molecule has 1 fully saturated rings. The smallest absolute Gasteiger partial charge is 0.105 e. The van der Waals surface area contributed by atoms with Gasteiger partial charge in [-0.15, -0.1) is 0 Å². The standard InChI is InChI=1S/C13H22N2O/c1-10-6-7-11(16-10)8-9-15-13-5-3-2-4-12(13)14/h6-7,12-13,15H,2-5,8-9,14H2,1H3. The highest BCUT2D eigenvalue weighted by Gasteiger charge is 2.20. The number of rotatable bonds is 4. The van der Waals surface area contributed by atoms with Gasteiger partial charge in [0.1, 0.15) is 11.5 Å². The summed E-state index contributed by atoms with van der Waals surface area (Å²) in [6, 6.07) is 4.91. The molecule has 0 spiro atoms. The SMILES string of the molecule is Cc1ccc(CCNC2CCCCC2N)o1. The van der Waals surface area contributed by atoms with Gasteiger partial charge in [0.2, 0.25) is 0 Å². The molecule has 2 atom stereocenters. The van der Waals surface area contributed by atoms with Gasteiger partial charge in [0.15, 0.2) is 0 Å². The fourth-order valence-corrected chi connectivity index (χ4v) is 2.41. The van der Waals surface area contributed by atoms with Crippen LogP contribution in [0.2, 0.25) is 0 Å². The number of hydrogen-bond donors (Lipinski definition) is 2. The molecule has 2 unspecified atom stereocenters. The summed E-state index contributed by atoms with van der Waals surface area (Å²) in [7, 11) is 0. The Bertz CT molecular complexity index is 321. The average Bonchev–Trinajstić information content (AvgIpc) is 2.67. The van der Waals surface area contributed by atoms with Gasteiger partial charge in [0, 0.05) is 25.0 Å². The molecule has 1 aliphatic rings. The molecule has 0 saturated heterocycles. The lowest BCUT2D eigenvalue weighted by atomic mass is 9.91. The minimum atomic E-state index is 0.340. The zero-order valence-electron chi connectivity index (χ0n) is 10.0. The van der Waals surface area contributed by atoms with E-state index in [9.17, 15) is 0 Å². The molecule has 90 valence electrons. The monoisotopic (exact) mass is 222 g/mol. The third-order valence-corrected chi connectivity index (χ3v) is 3.39. The Morgan fingerprint density at radius 3 is 2.88 bits per heavy atom. The second-order valence-corrected chi connectivity index (χ2v) is 4.77. The van der Waals surface area contributed by atoms with Gasteiger partial charge < -0.3 is 15.5 Å². The van der Waals surface area contributed by atoms with Crippen molar-refractivity contribution >= 4 is 0 Å². The Morgan fingerprint density at radius 2 is 2.19 bits per heavy atom. The Balaban J connectivity index is 1.71. The fraction of sp³-hybridized carbons (Fsp3) is 0.692. The summed E-state index contributed by atoms with van der Waals surface area (Å²) in [6.45, 7) is 2.94. The lowest BCUT2D eigenvalue weighted by molar-refractivity contribution is 0.326. The van der Waals surface area contributed by atoms with Gasteiger partial charge in [-0.2, -0.15) is 0 Å². The number of nitrogens with one attached hydrogen (secondary N) is 1. The van der Waals surface area contributed by atoms with Crippen LogP contribution in [0.4, 0.5) is 0 Å². The van der Waals surface area contributed by atoms with E-state index in [1.54, 1.807) is 0 Å². The van der Waals surface area contributed by atoms with Crippen molar-refractivity contribution in [1.29, 1.82) is 0 Å². The van der Waals surface area contributed by atoms with Crippen LogP contribution in [-0.4, -0.2) is 18.6 Å². The van der Waals surface area contributed by atoms with Crippen LogP contribution in [0.3, 0.4) is 0 Å². The van der Waals surface area contributed by atoms with Crippen LogP contribution in [-0.2, 0) is 6.42 Å². The lowest BCUT2D eigenvalue weighted by Crippen LogP contribution is -2.47. The molecule has 1 aromatic rings. The van der Waals surface area contributed by atoms with Crippen molar-refractivity contribution in [1.82, 2.24) is 5.32 Å². The summed E-state index contributed by atoms with van der Waals surface area (Å²) in [5.41, 5.74) is 6.08. The maximum Gasteiger partial charge on any atom is 0.105 e. The first-order valence-electron chi connectivity index (χ1n) is 6.30. The predicted octanol–water partition coefficient (Wildman–Crippen LogP) is 1.99. The van der Waals surface area contributed by atoms with E-state index in [-0.39, 0.29) is 0 Å². The molecule has 2 rings (SSSR count). The number of hydrogen-bond acceptors (Lipinski definition) is 3. The molecule has 1 heterocycles. The lowest BCUT2D eigenvalue weighted by Gasteiger charge is -2.29. The molecule has 0 aromatic carbocycles. The quantitative estimate of drug-likeness (QED) is 0.819. The van der Waals surface area contributed by atoms with Crippen LogP contribution in [0, 0.1) is 6.92 Å². The number of nitrogens with two attached hydrogens (primary N) is 1. The molecule has 0 radical (unpaired) electrons. The minimum absolute atomic E-state index is 0.340. The van der Waals surface area contributed by atoms with E-state index in [1.165, 1.54) is 19.3 Å². The van der Waals surface area contributed by atoms with Gasteiger partial charge in [-0.3, -0.25) is 0 Å². The second kappa shape index (κ2) is 5.51. The summed E-state index contributed by atoms with van der Waals surface area (Å²) in [6.07, 6.45) is 5.94. The molecule has 3 heteroatoms. The van der Waals surface area contributed by atoms with E-state index < -0.39 is 0 Å². The fourth-order valence-electron chi connectivity index (χ4n) is 2.41. The maximum atomic E-state index is 6.08. The van der Waals surface area contributed by atoms with E-state index in [4.69, 9.17) is 10.2 Å². The summed E-state index contributed by atoms with van der Waals surface area (Å²) in [5, 5.41) is 3.54. The Kier molecular flexibility index (Phi) is 4.02. The third kappa shape index (κ3) is 3.09. The highest BCUT2D eigenvalue weighted by atomic mass is 16.3. The molecule has 0 bridgehead atoms. The van der Waals surface area contributed by atoms with Crippen LogP contribution in [0.5, 0.6) is 0 Å². The van der Waals surface area contributed by atoms with Crippen molar-refractivity contribution in [2.24, 2.45) is 5.73 Å². The zero-order chi connectivity index (χ0) is 11.4. The molecule has 0 aliphatic heterocycles. The first kappa shape index (κ1) is 11.7. The summed E-state index contributed by atoms with van der Waals surface area (Å²) in [4.78, 5) is 0. The minimum Gasteiger partial charge on any atom is -0.466 e. The van der Waals surface area contributed by atoms with Crippen molar-refractivity contribution in [3.8, 4) is 0 Å². The molecule has 3 N–H and O–H groups in total. The summed E-state index contributed by atoms with van der Waals surface area (Å²) in [5.74, 6) is 2.05. The zero-order valence-corrected chi connectivity index (χ0v) is 10.0. The van der Waals surface area contributed by atoms with Gasteiger partial charge in [-0.05, 0) is 31.9 Å². The van der Waals surface area contributed by atoms with Crippen LogP contribution in [0.25, 0.3) is 0 Å². The van der Waals surface area contributed by atoms with Crippen LogP contribution >= 0.6 is 0 Å². The summed E-state index contributed by atoms with van der Waals surface area (Å²) < 4.78 is 5.53. The van der Waals surface area contributed by atoms with Gasteiger partial charge in [0.25, 0.3) is 0 Å².